The number of nitrogens with zero attached hydrogens (tertiary/aromatic N) is 1. The predicted octanol–water partition coefficient (Wildman–Crippen LogP) is 4.04. The highest BCUT2D eigenvalue weighted by Gasteiger charge is 2.24. The number of rotatable bonds is 20. The fraction of sp³-hybridized carbons (Fsp3) is 0.952. The van der Waals surface area contributed by atoms with E-state index in [-0.39, 0.29) is 19.2 Å². The second-order valence-electron chi connectivity index (χ2n) is 8.88. The molecule has 0 aromatic rings. The summed E-state index contributed by atoms with van der Waals surface area (Å²) in [5, 5.41) is 9.77. The van der Waals surface area contributed by atoms with E-state index in [1.165, 1.54) is 44.9 Å². The molecule has 0 heterocycles. The summed E-state index contributed by atoms with van der Waals surface area (Å²) in [6.45, 7) is 2.10. The lowest BCUT2D eigenvalue weighted by molar-refractivity contribution is -0.870. The van der Waals surface area contributed by atoms with Crippen LogP contribution in [0.3, 0.4) is 0 Å². The lowest BCUT2D eigenvalue weighted by atomic mass is 10.1. The fourth-order valence-corrected chi connectivity index (χ4v) is 3.46. The molecule has 0 fully saturated rings. The van der Waals surface area contributed by atoms with Crippen molar-refractivity contribution in [3.8, 4) is 0 Å². The van der Waals surface area contributed by atoms with Crippen LogP contribution < -0.4 is 0 Å². The Morgan fingerprint density at radius 1 is 0.900 bits per heavy atom. The van der Waals surface area contributed by atoms with Crippen LogP contribution in [0.5, 0.6) is 0 Å². The molecule has 0 saturated heterocycles. The van der Waals surface area contributed by atoms with Crippen molar-refractivity contribution < 1.29 is 37.6 Å². The monoisotopic (exact) mass is 454 g/mol. The van der Waals surface area contributed by atoms with Crippen LogP contribution in [0.4, 0.5) is 0 Å². The maximum atomic E-state index is 11.7. The number of esters is 1. The molecule has 0 aliphatic heterocycles. The maximum Gasteiger partial charge on any atom is 0.472 e. The number of carbonyl (C=O) groups is 1. The first kappa shape index (κ1) is 29.5. The van der Waals surface area contributed by atoms with E-state index in [0.717, 1.165) is 19.3 Å². The minimum atomic E-state index is -4.23. The largest absolute Gasteiger partial charge is 0.472 e. The molecular weight excluding hydrogens is 409 g/mol. The summed E-state index contributed by atoms with van der Waals surface area (Å²) < 4.78 is 26.9. The first-order valence-corrected chi connectivity index (χ1v) is 12.8. The average molecular weight is 455 g/mol. The summed E-state index contributed by atoms with van der Waals surface area (Å²) >= 11 is 0. The normalized spacial score (nSPS) is 15.0. The van der Waals surface area contributed by atoms with E-state index in [0.29, 0.717) is 17.4 Å². The van der Waals surface area contributed by atoms with Gasteiger partial charge in [0.1, 0.15) is 25.9 Å². The van der Waals surface area contributed by atoms with Crippen molar-refractivity contribution in [2.24, 2.45) is 0 Å². The number of unbranched alkanes of at least 4 members (excludes halogenated alkanes) is 9. The second kappa shape index (κ2) is 17.1. The smallest absolute Gasteiger partial charge is 0.463 e. The van der Waals surface area contributed by atoms with Crippen LogP contribution in [0.15, 0.2) is 0 Å². The van der Waals surface area contributed by atoms with Gasteiger partial charge in [0.2, 0.25) is 0 Å². The fourth-order valence-electron chi connectivity index (χ4n) is 2.71. The van der Waals surface area contributed by atoms with Crippen molar-refractivity contribution in [2.75, 3.05) is 47.5 Å². The minimum Gasteiger partial charge on any atom is -0.463 e. The van der Waals surface area contributed by atoms with E-state index < -0.39 is 20.5 Å². The number of hydrogen-bond donors (Lipinski definition) is 2. The lowest BCUT2D eigenvalue weighted by Crippen LogP contribution is -2.37. The van der Waals surface area contributed by atoms with Gasteiger partial charge in [-0.3, -0.25) is 13.8 Å². The Bertz CT molecular complexity index is 482. The third kappa shape index (κ3) is 20.8. The maximum absolute atomic E-state index is 11.7. The van der Waals surface area contributed by atoms with Gasteiger partial charge in [-0.15, -0.1) is 0 Å². The van der Waals surface area contributed by atoms with Gasteiger partial charge in [0.05, 0.1) is 27.7 Å². The number of phosphoric ester groups is 1. The summed E-state index contributed by atoms with van der Waals surface area (Å²) in [6.07, 6.45) is 11.0. The molecule has 0 spiro atoms. The Kier molecular flexibility index (Phi) is 16.8. The number of quaternary nitrogens is 1. The van der Waals surface area contributed by atoms with Gasteiger partial charge in [0, 0.05) is 6.42 Å². The highest BCUT2D eigenvalue weighted by atomic mass is 31.2. The van der Waals surface area contributed by atoms with Gasteiger partial charge in [0.25, 0.3) is 0 Å². The zero-order valence-electron chi connectivity index (χ0n) is 19.5. The first-order valence-electron chi connectivity index (χ1n) is 11.3. The van der Waals surface area contributed by atoms with Gasteiger partial charge >= 0.3 is 13.8 Å². The van der Waals surface area contributed by atoms with Gasteiger partial charge in [-0.1, -0.05) is 64.7 Å². The summed E-state index contributed by atoms with van der Waals surface area (Å²) in [7, 11) is 1.56. The third-order valence-corrected chi connectivity index (χ3v) is 5.60. The Balaban J connectivity index is 3.66. The zero-order valence-corrected chi connectivity index (χ0v) is 20.4. The van der Waals surface area contributed by atoms with Gasteiger partial charge in [-0.2, -0.15) is 0 Å². The van der Waals surface area contributed by atoms with Gasteiger partial charge < -0.3 is 19.2 Å². The van der Waals surface area contributed by atoms with Crippen molar-refractivity contribution in [2.45, 2.75) is 83.7 Å². The van der Waals surface area contributed by atoms with E-state index in [2.05, 4.69) is 6.92 Å². The molecule has 0 aliphatic carbocycles. The zero-order chi connectivity index (χ0) is 22.9. The summed E-state index contributed by atoms with van der Waals surface area (Å²) in [5.41, 5.74) is 0. The molecule has 180 valence electrons. The molecule has 2 unspecified atom stereocenters. The SMILES string of the molecule is CCCCCCCCCCCCC(=O)OCC(O)COP(=O)(O)OCC[N+](C)(C)C. The standard InChI is InChI=1S/C21H44NO7P/c1-5-6-7-8-9-10-11-12-13-14-15-21(24)27-18-20(23)19-29-30(25,26)28-17-16-22(2,3)4/h20,23H,5-19H2,1-4H3/p+1. The summed E-state index contributed by atoms with van der Waals surface area (Å²) in [5.74, 6) is -0.375. The number of phosphoric acid groups is 1. The van der Waals surface area contributed by atoms with Crippen molar-refractivity contribution in [3.05, 3.63) is 0 Å². The van der Waals surface area contributed by atoms with Crippen molar-refractivity contribution in [1.29, 1.82) is 0 Å². The molecular formula is C21H45NO7P+. The lowest BCUT2D eigenvalue weighted by Gasteiger charge is -2.24. The number of aliphatic hydroxyl groups excluding tert-OH is 1. The molecule has 2 N–H and O–H groups in total. The Hall–Kier alpha value is -0.500. The van der Waals surface area contributed by atoms with Crippen LogP contribution in [0, 0.1) is 0 Å². The van der Waals surface area contributed by atoms with E-state index >= 15 is 0 Å². The topological polar surface area (TPSA) is 102 Å². The Labute approximate surface area is 183 Å². The van der Waals surface area contributed by atoms with Crippen LogP contribution >= 0.6 is 7.82 Å². The van der Waals surface area contributed by atoms with Crippen LogP contribution in [-0.2, 0) is 23.1 Å². The van der Waals surface area contributed by atoms with Crippen molar-refractivity contribution >= 4 is 13.8 Å². The predicted molar refractivity (Wildman–Crippen MR) is 118 cm³/mol. The van der Waals surface area contributed by atoms with Crippen LogP contribution in [0.1, 0.15) is 77.6 Å². The Morgan fingerprint density at radius 2 is 1.43 bits per heavy atom. The number of hydrogen-bond acceptors (Lipinski definition) is 6. The quantitative estimate of drug-likeness (QED) is 0.124. The molecule has 0 aliphatic rings. The van der Waals surface area contributed by atoms with E-state index in [1.54, 1.807) is 0 Å². The van der Waals surface area contributed by atoms with Crippen LogP contribution in [0.2, 0.25) is 0 Å². The molecule has 30 heavy (non-hydrogen) atoms. The van der Waals surface area contributed by atoms with E-state index in [9.17, 15) is 19.4 Å². The molecule has 0 amide bonds. The molecule has 9 heteroatoms. The second-order valence-corrected chi connectivity index (χ2v) is 10.3. The van der Waals surface area contributed by atoms with Crippen LogP contribution in [-0.4, -0.2) is 74.1 Å². The van der Waals surface area contributed by atoms with Gasteiger partial charge in [-0.05, 0) is 6.42 Å². The van der Waals surface area contributed by atoms with Gasteiger partial charge in [0.15, 0.2) is 0 Å². The van der Waals surface area contributed by atoms with Crippen LogP contribution in [0.25, 0.3) is 0 Å². The number of ether oxygens (including phenoxy) is 1. The number of carbonyl (C=O) groups excluding carboxylic acids is 1. The molecule has 0 aromatic carbocycles. The Morgan fingerprint density at radius 3 is 1.97 bits per heavy atom. The third-order valence-electron chi connectivity index (χ3n) is 4.62. The van der Waals surface area contributed by atoms with Gasteiger partial charge in [-0.25, -0.2) is 4.57 Å². The minimum absolute atomic E-state index is 0.0568. The highest BCUT2D eigenvalue weighted by Crippen LogP contribution is 2.43. The molecule has 0 rings (SSSR count). The molecule has 0 radical (unpaired) electrons. The summed E-state index contributed by atoms with van der Waals surface area (Å²) in [6, 6.07) is 0. The first-order chi connectivity index (χ1) is 14.1. The molecule has 2 atom stereocenters. The highest BCUT2D eigenvalue weighted by molar-refractivity contribution is 7.47. The molecule has 0 aromatic heterocycles. The van der Waals surface area contributed by atoms with E-state index in [1.807, 2.05) is 21.1 Å². The van der Waals surface area contributed by atoms with Crippen molar-refractivity contribution in [3.63, 3.8) is 0 Å². The van der Waals surface area contributed by atoms with Crippen molar-refractivity contribution in [1.82, 2.24) is 0 Å². The van der Waals surface area contributed by atoms with E-state index in [4.69, 9.17) is 13.8 Å². The molecule has 0 bridgehead atoms. The summed E-state index contributed by atoms with van der Waals surface area (Å²) in [4.78, 5) is 21.3. The number of likely N-dealkylation sites (N-methyl/N-ethyl adjacent to an activating group) is 1. The molecule has 0 saturated carbocycles. The number of aliphatic hydroxyl groups is 1. The average Bonchev–Trinajstić information content (AvgIpc) is 2.65. The molecule has 8 nitrogen and oxygen atoms in total.